The van der Waals surface area contributed by atoms with Crippen molar-refractivity contribution in [1.29, 1.82) is 0 Å². The van der Waals surface area contributed by atoms with Crippen molar-refractivity contribution in [2.45, 2.75) is 9.97 Å². The lowest BCUT2D eigenvalue weighted by Gasteiger charge is -2.10. The van der Waals surface area contributed by atoms with E-state index in [1.54, 1.807) is 0 Å². The number of carbonyl (C=O) groups is 1. The van der Waals surface area contributed by atoms with Crippen molar-refractivity contribution in [2.75, 3.05) is 0 Å². The summed E-state index contributed by atoms with van der Waals surface area (Å²) in [5.74, 6) is -1.27. The Kier molecular flexibility index (Phi) is 3.47. The van der Waals surface area contributed by atoms with Gasteiger partial charge in [0.25, 0.3) is 3.79 Å². The van der Waals surface area contributed by atoms with Crippen LogP contribution in [0.3, 0.4) is 0 Å². The van der Waals surface area contributed by atoms with E-state index < -0.39 is 27.0 Å². The van der Waals surface area contributed by atoms with Gasteiger partial charge in [-0.2, -0.15) is 18.3 Å². The van der Waals surface area contributed by atoms with E-state index in [2.05, 4.69) is 5.10 Å². The minimum absolute atomic E-state index is 0.769. The second-order valence-corrected chi connectivity index (χ2v) is 5.17. The Balaban J connectivity index is 3.30. The third-order valence-electron chi connectivity index (χ3n) is 1.60. The van der Waals surface area contributed by atoms with Crippen LogP contribution in [0.25, 0.3) is 0 Å². The van der Waals surface area contributed by atoms with Crippen LogP contribution in [0.15, 0.2) is 6.20 Å². The van der Waals surface area contributed by atoms with Gasteiger partial charge in [0, 0.05) is 13.2 Å². The van der Waals surface area contributed by atoms with Crippen LogP contribution < -0.4 is 0 Å². The molecular weight excluding hydrogens is 291 g/mol. The van der Waals surface area contributed by atoms with Crippen molar-refractivity contribution in [3.8, 4) is 0 Å². The van der Waals surface area contributed by atoms with Crippen LogP contribution in [-0.2, 0) is 13.2 Å². The minimum atomic E-state index is -4.78. The minimum Gasteiger partial charge on any atom is -0.289 e. The third-order valence-corrected chi connectivity index (χ3v) is 2.11. The molecule has 0 saturated carbocycles. The molecule has 0 aliphatic rings. The van der Waals surface area contributed by atoms with Gasteiger partial charge in [-0.3, -0.25) is 9.48 Å². The van der Waals surface area contributed by atoms with Gasteiger partial charge in [0.1, 0.15) is 0 Å². The maximum atomic E-state index is 12.5. The number of Topliss-reactive ketones (excluding diaryl/α,β-unsaturated/α-hetero) is 1. The number of rotatable bonds is 1. The van der Waals surface area contributed by atoms with Crippen LogP contribution in [0.4, 0.5) is 13.2 Å². The van der Waals surface area contributed by atoms with Gasteiger partial charge in [0.2, 0.25) is 5.78 Å². The molecule has 0 aliphatic heterocycles. The second-order valence-electron chi connectivity index (χ2n) is 2.89. The van der Waals surface area contributed by atoms with Crippen molar-refractivity contribution in [2.24, 2.45) is 7.05 Å². The number of carbonyl (C=O) groups excluding carboxylic acids is 1. The van der Waals surface area contributed by atoms with Crippen molar-refractivity contribution < 1.29 is 18.0 Å². The van der Waals surface area contributed by atoms with Gasteiger partial charge in [-0.05, 0) is 0 Å². The zero-order valence-corrected chi connectivity index (χ0v) is 9.92. The SMILES string of the molecule is Cn1cc(C(=O)C(Cl)(Cl)Cl)c(C(F)(F)F)n1. The molecule has 0 aliphatic carbocycles. The van der Waals surface area contributed by atoms with E-state index in [4.69, 9.17) is 34.8 Å². The molecule has 16 heavy (non-hydrogen) atoms. The van der Waals surface area contributed by atoms with E-state index in [9.17, 15) is 18.0 Å². The fourth-order valence-electron chi connectivity index (χ4n) is 1.02. The van der Waals surface area contributed by atoms with Crippen molar-refractivity contribution in [1.82, 2.24) is 9.78 Å². The van der Waals surface area contributed by atoms with E-state index >= 15 is 0 Å². The van der Waals surface area contributed by atoms with Crippen LogP contribution in [0.2, 0.25) is 0 Å². The lowest BCUT2D eigenvalue weighted by Crippen LogP contribution is -2.22. The molecule has 0 aromatic carbocycles. The molecule has 0 atom stereocenters. The fourth-order valence-corrected chi connectivity index (χ4v) is 1.32. The van der Waals surface area contributed by atoms with Crippen LogP contribution >= 0.6 is 34.8 Å². The summed E-state index contributed by atoms with van der Waals surface area (Å²) in [4.78, 5) is 11.4. The molecule has 0 saturated heterocycles. The number of aromatic nitrogens is 2. The molecule has 0 amide bonds. The van der Waals surface area contributed by atoms with E-state index in [0.717, 1.165) is 10.9 Å². The maximum absolute atomic E-state index is 12.5. The van der Waals surface area contributed by atoms with Gasteiger partial charge in [-0.15, -0.1) is 0 Å². The zero-order chi connectivity index (χ0) is 12.7. The quantitative estimate of drug-likeness (QED) is 0.590. The monoisotopic (exact) mass is 294 g/mol. The van der Waals surface area contributed by atoms with E-state index in [1.807, 2.05) is 0 Å². The van der Waals surface area contributed by atoms with Gasteiger partial charge in [-0.1, -0.05) is 34.8 Å². The fraction of sp³-hybridized carbons (Fsp3) is 0.429. The average Bonchev–Trinajstić information content (AvgIpc) is 2.43. The first-order valence-corrected chi connectivity index (χ1v) is 4.89. The molecular formula is C7H4Cl3F3N2O. The standard InChI is InChI=1S/C7H4Cl3F3N2O/c1-15-2-3(5(16)6(8,9)10)4(14-15)7(11,12)13/h2H,1H3. The predicted molar refractivity (Wildman–Crippen MR) is 52.8 cm³/mol. The Hall–Kier alpha value is -0.460. The molecule has 0 N–H and O–H groups in total. The molecule has 9 heteroatoms. The summed E-state index contributed by atoms with van der Waals surface area (Å²) in [7, 11) is 1.23. The molecule has 0 unspecified atom stereocenters. The number of hydrogen-bond acceptors (Lipinski definition) is 2. The Morgan fingerprint density at radius 1 is 1.38 bits per heavy atom. The highest BCUT2D eigenvalue weighted by molar-refractivity contribution is 6.77. The van der Waals surface area contributed by atoms with E-state index in [1.165, 1.54) is 7.05 Å². The molecule has 1 aromatic rings. The van der Waals surface area contributed by atoms with Crippen molar-refractivity contribution in [3.05, 3.63) is 17.5 Å². The first-order chi connectivity index (χ1) is 7.03. The topological polar surface area (TPSA) is 34.9 Å². The van der Waals surface area contributed by atoms with E-state index in [0.29, 0.717) is 0 Å². The first kappa shape index (κ1) is 13.6. The van der Waals surface area contributed by atoms with Crippen molar-refractivity contribution in [3.63, 3.8) is 0 Å². The largest absolute Gasteiger partial charge is 0.435 e. The van der Waals surface area contributed by atoms with E-state index in [-0.39, 0.29) is 0 Å². The molecule has 1 rings (SSSR count). The third kappa shape index (κ3) is 2.81. The molecule has 3 nitrogen and oxygen atoms in total. The molecule has 0 fully saturated rings. The summed E-state index contributed by atoms with van der Waals surface area (Å²) in [5.41, 5.74) is -2.14. The Bertz CT molecular complexity index is 421. The summed E-state index contributed by atoms with van der Waals surface area (Å²) in [6.45, 7) is 0. The normalized spacial score (nSPS) is 12.9. The summed E-state index contributed by atoms with van der Waals surface area (Å²) >= 11 is 15.7. The number of halogens is 6. The zero-order valence-electron chi connectivity index (χ0n) is 7.65. The number of aryl methyl sites for hydroxylation is 1. The highest BCUT2D eigenvalue weighted by Gasteiger charge is 2.43. The molecule has 0 radical (unpaired) electrons. The Labute approximate surface area is 103 Å². The summed E-state index contributed by atoms with van der Waals surface area (Å²) in [5, 5.41) is 3.11. The Morgan fingerprint density at radius 2 is 1.88 bits per heavy atom. The van der Waals surface area contributed by atoms with Crippen LogP contribution in [-0.4, -0.2) is 19.4 Å². The smallest absolute Gasteiger partial charge is 0.289 e. The first-order valence-electron chi connectivity index (χ1n) is 3.76. The summed E-state index contributed by atoms with van der Waals surface area (Å²) in [6, 6.07) is 0. The number of hydrogen-bond donors (Lipinski definition) is 0. The summed E-state index contributed by atoms with van der Waals surface area (Å²) < 4.78 is 35.7. The molecule has 1 heterocycles. The van der Waals surface area contributed by atoms with Gasteiger partial charge in [-0.25, -0.2) is 0 Å². The molecule has 90 valence electrons. The Morgan fingerprint density at radius 3 is 2.25 bits per heavy atom. The second kappa shape index (κ2) is 4.09. The van der Waals surface area contributed by atoms with Crippen molar-refractivity contribution >= 4 is 40.6 Å². The van der Waals surface area contributed by atoms with Gasteiger partial charge in [0.05, 0.1) is 5.56 Å². The molecule has 1 aromatic heterocycles. The van der Waals surface area contributed by atoms with Crippen LogP contribution in [0.5, 0.6) is 0 Å². The van der Waals surface area contributed by atoms with Gasteiger partial charge < -0.3 is 0 Å². The maximum Gasteiger partial charge on any atom is 0.435 e. The van der Waals surface area contributed by atoms with Crippen LogP contribution in [0.1, 0.15) is 16.1 Å². The predicted octanol–water partition coefficient (Wildman–Crippen LogP) is 2.99. The molecule has 0 bridgehead atoms. The highest BCUT2D eigenvalue weighted by Crippen LogP contribution is 2.36. The van der Waals surface area contributed by atoms with Crippen LogP contribution in [0, 0.1) is 0 Å². The average molecular weight is 295 g/mol. The number of nitrogens with zero attached hydrogens (tertiary/aromatic N) is 2. The highest BCUT2D eigenvalue weighted by atomic mass is 35.6. The van der Waals surface area contributed by atoms with Gasteiger partial charge >= 0.3 is 6.18 Å². The number of ketones is 1. The summed E-state index contributed by atoms with van der Waals surface area (Å²) in [6.07, 6.45) is -3.92. The number of alkyl halides is 6. The lowest BCUT2D eigenvalue weighted by molar-refractivity contribution is -0.141. The molecule has 0 spiro atoms. The lowest BCUT2D eigenvalue weighted by atomic mass is 10.2. The van der Waals surface area contributed by atoms with Gasteiger partial charge in [0.15, 0.2) is 5.69 Å².